The SMILES string of the molecule is O=C(Cc1csc(COc2ccc(Cl)cc2)n1)NCc1ccc(N2CCCC2)nc1. The van der Waals surface area contributed by atoms with Crippen molar-refractivity contribution < 1.29 is 9.53 Å². The molecule has 3 aromatic rings. The zero-order valence-corrected chi connectivity index (χ0v) is 18.1. The number of benzene rings is 1. The molecular weight excluding hydrogens is 420 g/mol. The third-order valence-corrected chi connectivity index (χ3v) is 5.97. The fourth-order valence-electron chi connectivity index (χ4n) is 3.25. The van der Waals surface area contributed by atoms with E-state index in [1.807, 2.05) is 35.8 Å². The van der Waals surface area contributed by atoms with Gasteiger partial charge in [-0.25, -0.2) is 9.97 Å². The van der Waals surface area contributed by atoms with Crippen molar-refractivity contribution in [3.63, 3.8) is 0 Å². The fourth-order valence-corrected chi connectivity index (χ4v) is 4.09. The van der Waals surface area contributed by atoms with Crippen LogP contribution in [0.1, 0.15) is 29.1 Å². The molecule has 1 fully saturated rings. The molecule has 0 saturated carbocycles. The Hall–Kier alpha value is -2.64. The summed E-state index contributed by atoms with van der Waals surface area (Å²) in [6.45, 7) is 2.97. The number of hydrogen-bond acceptors (Lipinski definition) is 6. The highest BCUT2D eigenvalue weighted by Crippen LogP contribution is 2.19. The van der Waals surface area contributed by atoms with E-state index in [9.17, 15) is 4.79 Å². The molecule has 156 valence electrons. The Bertz CT molecular complexity index is 970. The van der Waals surface area contributed by atoms with E-state index in [0.29, 0.717) is 18.2 Å². The number of halogens is 1. The Balaban J connectivity index is 1.22. The molecule has 30 heavy (non-hydrogen) atoms. The second kappa shape index (κ2) is 9.91. The van der Waals surface area contributed by atoms with Crippen LogP contribution in [-0.2, 0) is 24.4 Å². The average molecular weight is 443 g/mol. The number of aromatic nitrogens is 2. The van der Waals surface area contributed by atoms with E-state index in [1.54, 1.807) is 12.1 Å². The van der Waals surface area contributed by atoms with E-state index in [-0.39, 0.29) is 12.3 Å². The number of nitrogens with zero attached hydrogens (tertiary/aromatic N) is 3. The van der Waals surface area contributed by atoms with E-state index in [2.05, 4.69) is 20.2 Å². The number of carbonyl (C=O) groups excluding carboxylic acids is 1. The van der Waals surface area contributed by atoms with Crippen molar-refractivity contribution in [2.24, 2.45) is 0 Å². The zero-order chi connectivity index (χ0) is 20.8. The summed E-state index contributed by atoms with van der Waals surface area (Å²) < 4.78 is 5.70. The molecule has 3 heterocycles. The number of anilines is 1. The molecule has 0 spiro atoms. The lowest BCUT2D eigenvalue weighted by Crippen LogP contribution is -2.25. The van der Waals surface area contributed by atoms with Crippen LogP contribution in [-0.4, -0.2) is 29.0 Å². The molecule has 6 nitrogen and oxygen atoms in total. The lowest BCUT2D eigenvalue weighted by atomic mass is 10.2. The molecule has 0 bridgehead atoms. The van der Waals surface area contributed by atoms with Crippen LogP contribution in [0.15, 0.2) is 48.0 Å². The first-order valence-electron chi connectivity index (χ1n) is 9.94. The molecule has 0 aliphatic carbocycles. The molecule has 2 aromatic heterocycles. The highest BCUT2D eigenvalue weighted by molar-refractivity contribution is 7.09. The molecule has 1 amide bonds. The van der Waals surface area contributed by atoms with Gasteiger partial charge < -0.3 is 15.0 Å². The molecule has 1 N–H and O–H groups in total. The first kappa shape index (κ1) is 20.6. The van der Waals surface area contributed by atoms with E-state index >= 15 is 0 Å². The first-order chi connectivity index (χ1) is 14.7. The van der Waals surface area contributed by atoms with Gasteiger partial charge in [0, 0.05) is 36.2 Å². The maximum absolute atomic E-state index is 12.3. The third kappa shape index (κ3) is 5.70. The first-order valence-corrected chi connectivity index (χ1v) is 11.2. The third-order valence-electron chi connectivity index (χ3n) is 4.85. The summed E-state index contributed by atoms with van der Waals surface area (Å²) in [6.07, 6.45) is 4.54. The van der Waals surface area contributed by atoms with Crippen molar-refractivity contribution in [2.75, 3.05) is 18.0 Å². The van der Waals surface area contributed by atoms with E-state index in [1.165, 1.54) is 24.2 Å². The Morgan fingerprint density at radius 1 is 1.17 bits per heavy atom. The molecular formula is C22H23ClN4O2S. The molecule has 1 aromatic carbocycles. The number of thiazole rings is 1. The monoisotopic (exact) mass is 442 g/mol. The van der Waals surface area contributed by atoms with E-state index in [4.69, 9.17) is 16.3 Å². The van der Waals surface area contributed by atoms with Gasteiger partial charge in [-0.15, -0.1) is 11.3 Å². The van der Waals surface area contributed by atoms with Crippen LogP contribution in [0.3, 0.4) is 0 Å². The summed E-state index contributed by atoms with van der Waals surface area (Å²) in [4.78, 5) is 23.6. The Morgan fingerprint density at radius 3 is 2.70 bits per heavy atom. The summed E-state index contributed by atoms with van der Waals surface area (Å²) in [5.41, 5.74) is 1.73. The van der Waals surface area contributed by atoms with Crippen LogP contribution in [0.4, 0.5) is 5.82 Å². The Kier molecular flexibility index (Phi) is 6.81. The highest BCUT2D eigenvalue weighted by atomic mass is 35.5. The zero-order valence-electron chi connectivity index (χ0n) is 16.5. The van der Waals surface area contributed by atoms with Gasteiger partial charge in [-0.05, 0) is 48.7 Å². The van der Waals surface area contributed by atoms with Gasteiger partial charge in [0.25, 0.3) is 0 Å². The molecule has 1 aliphatic heterocycles. The smallest absolute Gasteiger partial charge is 0.226 e. The lowest BCUT2D eigenvalue weighted by molar-refractivity contribution is -0.120. The lowest BCUT2D eigenvalue weighted by Gasteiger charge is -2.16. The van der Waals surface area contributed by atoms with Crippen molar-refractivity contribution >= 4 is 34.7 Å². The number of pyridine rings is 1. The minimum absolute atomic E-state index is 0.0610. The number of ether oxygens (including phenoxy) is 1. The summed E-state index contributed by atoms with van der Waals surface area (Å²) >= 11 is 7.36. The number of nitrogens with one attached hydrogen (secondary N) is 1. The maximum Gasteiger partial charge on any atom is 0.226 e. The summed E-state index contributed by atoms with van der Waals surface area (Å²) in [5, 5.41) is 6.33. The quantitative estimate of drug-likeness (QED) is 0.565. The van der Waals surface area contributed by atoms with E-state index < -0.39 is 0 Å². The summed E-state index contributed by atoms with van der Waals surface area (Å²) in [7, 11) is 0. The molecule has 1 saturated heterocycles. The minimum atomic E-state index is -0.0610. The van der Waals surface area contributed by atoms with E-state index in [0.717, 1.165) is 40.9 Å². The number of amides is 1. The molecule has 0 unspecified atom stereocenters. The molecule has 4 rings (SSSR count). The van der Waals surface area contributed by atoms with Crippen LogP contribution < -0.4 is 15.0 Å². The number of hydrogen-bond donors (Lipinski definition) is 1. The van der Waals surface area contributed by atoms with Gasteiger partial charge >= 0.3 is 0 Å². The van der Waals surface area contributed by atoms with Gasteiger partial charge in [0.05, 0.1) is 12.1 Å². The van der Waals surface area contributed by atoms with Crippen molar-refractivity contribution in [1.82, 2.24) is 15.3 Å². The fraction of sp³-hybridized carbons (Fsp3) is 0.318. The van der Waals surface area contributed by atoms with Crippen molar-refractivity contribution in [3.05, 3.63) is 69.3 Å². The standard InChI is InChI=1S/C22H23ClN4O2S/c23-17-4-6-19(7-5-17)29-14-22-26-18(15-30-22)11-21(28)25-13-16-3-8-20(24-12-16)27-9-1-2-10-27/h3-8,12,15H,1-2,9-11,13-14H2,(H,25,28). The number of rotatable bonds is 8. The van der Waals surface area contributed by atoms with Gasteiger partial charge in [0.1, 0.15) is 23.2 Å². The van der Waals surface area contributed by atoms with Gasteiger partial charge in [0.15, 0.2) is 0 Å². The van der Waals surface area contributed by atoms with Crippen molar-refractivity contribution in [1.29, 1.82) is 0 Å². The van der Waals surface area contributed by atoms with Gasteiger partial charge in [0.2, 0.25) is 5.91 Å². The maximum atomic E-state index is 12.3. The van der Waals surface area contributed by atoms with Crippen LogP contribution in [0.2, 0.25) is 5.02 Å². The Labute approximate surface area is 184 Å². The second-order valence-corrected chi connectivity index (χ2v) is 8.53. The molecule has 1 aliphatic rings. The molecule has 0 atom stereocenters. The Morgan fingerprint density at radius 2 is 1.97 bits per heavy atom. The second-order valence-electron chi connectivity index (χ2n) is 7.15. The number of carbonyl (C=O) groups is 1. The van der Waals surface area contributed by atoms with Gasteiger partial charge in [-0.2, -0.15) is 0 Å². The van der Waals surface area contributed by atoms with Crippen LogP contribution >= 0.6 is 22.9 Å². The average Bonchev–Trinajstić information content (AvgIpc) is 3.45. The summed E-state index contributed by atoms with van der Waals surface area (Å²) in [5.74, 6) is 1.69. The van der Waals surface area contributed by atoms with Gasteiger partial charge in [-0.3, -0.25) is 4.79 Å². The highest BCUT2D eigenvalue weighted by Gasteiger charge is 2.13. The molecule has 8 heteroatoms. The van der Waals surface area contributed by atoms with Crippen LogP contribution in [0.25, 0.3) is 0 Å². The summed E-state index contributed by atoms with van der Waals surface area (Å²) in [6, 6.07) is 11.2. The van der Waals surface area contributed by atoms with Crippen molar-refractivity contribution in [3.8, 4) is 5.75 Å². The molecule has 0 radical (unpaired) electrons. The minimum Gasteiger partial charge on any atom is -0.486 e. The predicted octanol–water partition coefficient (Wildman–Crippen LogP) is 4.23. The van der Waals surface area contributed by atoms with Crippen LogP contribution in [0, 0.1) is 0 Å². The topological polar surface area (TPSA) is 67.3 Å². The predicted molar refractivity (Wildman–Crippen MR) is 119 cm³/mol. The van der Waals surface area contributed by atoms with Crippen molar-refractivity contribution in [2.45, 2.75) is 32.4 Å². The normalized spacial score (nSPS) is 13.4. The largest absolute Gasteiger partial charge is 0.486 e. The van der Waals surface area contributed by atoms with Gasteiger partial charge in [-0.1, -0.05) is 17.7 Å². The van der Waals surface area contributed by atoms with Crippen LogP contribution in [0.5, 0.6) is 5.75 Å².